The van der Waals surface area contributed by atoms with Crippen LogP contribution in [0.3, 0.4) is 0 Å². The van der Waals surface area contributed by atoms with Gasteiger partial charge in [0.2, 0.25) is 17.7 Å². The third kappa shape index (κ3) is 9.13. The molecule has 2 aromatic heterocycles. The van der Waals surface area contributed by atoms with Crippen molar-refractivity contribution < 1.29 is 33.2 Å². The second-order valence-electron chi connectivity index (χ2n) is 13.6. The van der Waals surface area contributed by atoms with Gasteiger partial charge in [-0.1, -0.05) is 101 Å². The summed E-state index contributed by atoms with van der Waals surface area (Å²) < 4.78 is 16.1. The zero-order valence-electron chi connectivity index (χ0n) is 30.5. The van der Waals surface area contributed by atoms with Gasteiger partial charge in [-0.2, -0.15) is 4.98 Å². The summed E-state index contributed by atoms with van der Waals surface area (Å²) in [4.78, 5) is 62.4. The molecule has 1 aliphatic carbocycles. The summed E-state index contributed by atoms with van der Waals surface area (Å²) >= 11 is 13.0. The lowest BCUT2D eigenvalue weighted by Gasteiger charge is -2.39. The van der Waals surface area contributed by atoms with E-state index in [1.54, 1.807) is 12.1 Å². The van der Waals surface area contributed by atoms with Gasteiger partial charge in [-0.25, -0.2) is 9.59 Å². The highest BCUT2D eigenvalue weighted by atomic mass is 35.5. The van der Waals surface area contributed by atoms with E-state index in [1.807, 2.05) is 65.0 Å². The first-order valence-corrected chi connectivity index (χ1v) is 18.7. The molecule has 5 atom stereocenters. The van der Waals surface area contributed by atoms with Gasteiger partial charge >= 0.3 is 12.1 Å². The number of amides is 3. The van der Waals surface area contributed by atoms with Crippen molar-refractivity contribution in [3.63, 3.8) is 0 Å². The molecule has 13 nitrogen and oxygen atoms in total. The maximum Gasteiger partial charge on any atom is 0.408 e. The lowest BCUT2D eigenvalue weighted by molar-refractivity contribution is -0.136. The summed E-state index contributed by atoms with van der Waals surface area (Å²) in [5.74, 6) is -2.55. The normalized spacial score (nSPS) is 17.6. The van der Waals surface area contributed by atoms with Crippen LogP contribution in [0.4, 0.5) is 4.79 Å². The SMILES string of the molecule is CCCOC(=O)c1noc([C@@H](NC(=O)C2(NC(=O)C(NC(=O)OCc3ccccc3)C(C)CC)CCc3[nH]c4c(Cl)cc(Cl)cc4c3C2)C(C)CC)n1. The number of hydrogen-bond donors (Lipinski definition) is 4. The van der Waals surface area contributed by atoms with Gasteiger partial charge in [0.1, 0.15) is 24.2 Å². The van der Waals surface area contributed by atoms with E-state index in [2.05, 4.69) is 31.1 Å². The molecule has 0 aliphatic heterocycles. The fraction of sp³-hybridized carbons (Fsp3) is 0.474. The fourth-order valence-electron chi connectivity index (χ4n) is 6.40. The number of carbonyl (C=O) groups excluding carboxylic acids is 4. The quantitative estimate of drug-likeness (QED) is 0.0926. The third-order valence-electron chi connectivity index (χ3n) is 9.91. The Bertz CT molecular complexity index is 1930. The van der Waals surface area contributed by atoms with Crippen LogP contribution in [0.15, 0.2) is 47.0 Å². The molecule has 0 saturated heterocycles. The van der Waals surface area contributed by atoms with Gasteiger partial charge in [-0.05, 0) is 59.5 Å². The van der Waals surface area contributed by atoms with E-state index in [1.165, 1.54) is 0 Å². The molecule has 284 valence electrons. The first-order chi connectivity index (χ1) is 25.4. The van der Waals surface area contributed by atoms with Gasteiger partial charge in [-0.15, -0.1) is 0 Å². The molecule has 2 heterocycles. The van der Waals surface area contributed by atoms with E-state index in [0.717, 1.165) is 22.2 Å². The van der Waals surface area contributed by atoms with Gasteiger partial charge in [0.05, 0.1) is 17.1 Å². The minimum absolute atomic E-state index is 0.0209. The first-order valence-electron chi connectivity index (χ1n) is 18.0. The minimum Gasteiger partial charge on any atom is -0.460 e. The largest absolute Gasteiger partial charge is 0.460 e. The lowest BCUT2D eigenvalue weighted by Crippen LogP contribution is -2.65. The van der Waals surface area contributed by atoms with Crippen molar-refractivity contribution in [2.75, 3.05) is 6.61 Å². The predicted molar refractivity (Wildman–Crippen MR) is 199 cm³/mol. The van der Waals surface area contributed by atoms with Crippen molar-refractivity contribution in [3.05, 3.63) is 81.0 Å². The van der Waals surface area contributed by atoms with E-state index >= 15 is 0 Å². The van der Waals surface area contributed by atoms with Crippen molar-refractivity contribution >= 4 is 58.0 Å². The first kappa shape index (κ1) is 39.6. The molecule has 15 heteroatoms. The summed E-state index contributed by atoms with van der Waals surface area (Å²) in [6.07, 6.45) is 1.68. The second-order valence-corrected chi connectivity index (χ2v) is 14.5. The van der Waals surface area contributed by atoms with Gasteiger partial charge < -0.3 is 34.9 Å². The van der Waals surface area contributed by atoms with Crippen molar-refractivity contribution in [3.8, 4) is 0 Å². The Balaban J connectivity index is 1.48. The smallest absolute Gasteiger partial charge is 0.408 e. The van der Waals surface area contributed by atoms with E-state index in [-0.39, 0.29) is 49.6 Å². The number of hydrogen-bond acceptors (Lipinski definition) is 9. The van der Waals surface area contributed by atoms with Crippen LogP contribution in [-0.4, -0.2) is 57.2 Å². The highest BCUT2D eigenvalue weighted by Gasteiger charge is 2.47. The zero-order valence-corrected chi connectivity index (χ0v) is 32.0. The predicted octanol–water partition coefficient (Wildman–Crippen LogP) is 7.01. The van der Waals surface area contributed by atoms with Crippen molar-refractivity contribution in [2.24, 2.45) is 11.8 Å². The summed E-state index contributed by atoms with van der Waals surface area (Å²) in [5, 5.41) is 14.3. The van der Waals surface area contributed by atoms with Crippen LogP contribution in [0.2, 0.25) is 10.0 Å². The Kier molecular flexibility index (Phi) is 13.0. The Labute approximate surface area is 318 Å². The minimum atomic E-state index is -1.51. The molecule has 0 bridgehead atoms. The number of aryl methyl sites for hydroxylation is 1. The number of fused-ring (bicyclic) bond motifs is 3. The summed E-state index contributed by atoms with van der Waals surface area (Å²) in [6.45, 7) is 9.68. The number of alkyl carbamates (subject to hydrolysis) is 1. The Morgan fingerprint density at radius 1 is 1.00 bits per heavy atom. The number of nitrogens with one attached hydrogen (secondary N) is 4. The molecule has 4 N–H and O–H groups in total. The van der Waals surface area contributed by atoms with Crippen molar-refractivity contribution in [1.82, 2.24) is 31.1 Å². The van der Waals surface area contributed by atoms with Crippen LogP contribution in [0.1, 0.15) is 99.7 Å². The number of benzene rings is 2. The average molecular weight is 770 g/mol. The number of aromatic nitrogens is 3. The molecule has 0 spiro atoms. The maximum atomic E-state index is 14.8. The number of rotatable bonds is 15. The number of ether oxygens (including phenoxy) is 2. The van der Waals surface area contributed by atoms with E-state index < -0.39 is 41.5 Å². The Morgan fingerprint density at radius 3 is 2.43 bits per heavy atom. The van der Waals surface area contributed by atoms with Crippen LogP contribution in [0.5, 0.6) is 0 Å². The molecular formula is C38H46Cl2N6O7. The number of esters is 1. The molecular weight excluding hydrogens is 723 g/mol. The molecule has 1 aliphatic rings. The molecule has 0 saturated carbocycles. The highest BCUT2D eigenvalue weighted by molar-refractivity contribution is 6.38. The number of carbonyl (C=O) groups is 4. The van der Waals surface area contributed by atoms with Crippen LogP contribution in [-0.2, 0) is 38.5 Å². The number of aromatic amines is 1. The highest BCUT2D eigenvalue weighted by Crippen LogP contribution is 2.39. The summed E-state index contributed by atoms with van der Waals surface area (Å²) in [6, 6.07) is 10.8. The van der Waals surface area contributed by atoms with E-state index in [0.29, 0.717) is 41.2 Å². The summed E-state index contributed by atoms with van der Waals surface area (Å²) in [7, 11) is 0. The number of nitrogens with zero attached hydrogens (tertiary/aromatic N) is 2. The molecule has 4 unspecified atom stereocenters. The Morgan fingerprint density at radius 2 is 1.74 bits per heavy atom. The van der Waals surface area contributed by atoms with Crippen LogP contribution in [0.25, 0.3) is 10.9 Å². The van der Waals surface area contributed by atoms with Gasteiger partial charge in [0, 0.05) is 22.5 Å². The van der Waals surface area contributed by atoms with Gasteiger partial charge in [-0.3, -0.25) is 9.59 Å². The molecule has 5 rings (SSSR count). The summed E-state index contributed by atoms with van der Waals surface area (Å²) in [5.41, 5.74) is 1.61. The maximum absolute atomic E-state index is 14.8. The van der Waals surface area contributed by atoms with E-state index in [4.69, 9.17) is 37.2 Å². The fourth-order valence-corrected chi connectivity index (χ4v) is 6.94. The molecule has 53 heavy (non-hydrogen) atoms. The van der Waals surface area contributed by atoms with Crippen LogP contribution >= 0.6 is 23.2 Å². The molecule has 0 radical (unpaired) electrons. The number of H-pyrrole nitrogens is 1. The third-order valence-corrected chi connectivity index (χ3v) is 10.4. The van der Waals surface area contributed by atoms with E-state index in [9.17, 15) is 19.2 Å². The molecule has 2 aromatic carbocycles. The van der Waals surface area contributed by atoms with Crippen LogP contribution < -0.4 is 16.0 Å². The van der Waals surface area contributed by atoms with Gasteiger partial charge in [0.15, 0.2) is 0 Å². The topological polar surface area (TPSA) is 178 Å². The molecule has 4 aromatic rings. The van der Waals surface area contributed by atoms with Crippen molar-refractivity contribution in [2.45, 2.75) is 97.4 Å². The zero-order chi connectivity index (χ0) is 38.3. The standard InChI is InChI=1S/C38H46Cl2N6O7/c1-6-16-51-35(48)32-44-34(53-46-32)30(22(5)8-3)42-36(49)38(15-14-28-26(19-38)25-17-24(39)18-27(40)31(25)41-28)45-33(47)29(21(4)7-2)43-37(50)52-20-23-12-10-9-11-13-23/h9-13,17-18,21-22,29-30,41H,6-8,14-16,19-20H2,1-5H3,(H,42,49)(H,43,50)(H,45,47)/t21?,22?,29?,30-,38?/m0/s1. The molecule has 0 fully saturated rings. The lowest BCUT2D eigenvalue weighted by atomic mass is 9.78. The van der Waals surface area contributed by atoms with Crippen molar-refractivity contribution in [1.29, 1.82) is 0 Å². The molecule has 3 amide bonds. The van der Waals surface area contributed by atoms with Crippen LogP contribution in [0, 0.1) is 11.8 Å². The Hall–Kier alpha value is -4.62. The second kappa shape index (κ2) is 17.5. The number of halogens is 2. The monoisotopic (exact) mass is 768 g/mol. The van der Waals surface area contributed by atoms with Gasteiger partial charge in [0.25, 0.3) is 5.82 Å². The average Bonchev–Trinajstić information content (AvgIpc) is 3.79.